The molecule has 0 amide bonds. The Hall–Kier alpha value is -1.06. The molecule has 3 nitrogen and oxygen atoms in total. The first kappa shape index (κ1) is 11.0. The Labute approximate surface area is 88.0 Å². The monoisotopic (exact) mass is 213 g/mol. The second-order valence-electron chi connectivity index (χ2n) is 2.83. The van der Waals surface area contributed by atoms with E-state index in [1.54, 1.807) is 0 Å². The number of rotatable bonds is 4. The zero-order valence-electron chi connectivity index (χ0n) is 7.92. The molecular formula is C10H12ClNO2. The van der Waals surface area contributed by atoms with Crippen molar-refractivity contribution in [3.05, 3.63) is 34.9 Å². The molecule has 0 atom stereocenters. The number of hydrogen-bond donors (Lipinski definition) is 1. The highest BCUT2D eigenvalue weighted by molar-refractivity contribution is 6.30. The summed E-state index contributed by atoms with van der Waals surface area (Å²) in [6.45, 7) is 2.27. The van der Waals surface area contributed by atoms with E-state index in [1.165, 1.54) is 6.92 Å². The summed E-state index contributed by atoms with van der Waals surface area (Å²) in [5, 5.41) is 3.68. The summed E-state index contributed by atoms with van der Waals surface area (Å²) in [7, 11) is 0. The molecule has 4 heteroatoms. The van der Waals surface area contributed by atoms with Gasteiger partial charge in [0.25, 0.3) is 0 Å². The van der Waals surface area contributed by atoms with E-state index in [1.807, 2.05) is 24.3 Å². The minimum Gasteiger partial charge on any atom is -0.450 e. The quantitative estimate of drug-likeness (QED) is 0.472. The smallest absolute Gasteiger partial charge is 0.303 e. The summed E-state index contributed by atoms with van der Waals surface area (Å²) in [6, 6.07) is 7.49. The molecule has 1 N–H and O–H groups in total. The van der Waals surface area contributed by atoms with Crippen molar-refractivity contribution < 1.29 is 9.53 Å². The number of halogens is 1. The molecule has 0 aliphatic heterocycles. The van der Waals surface area contributed by atoms with Crippen molar-refractivity contribution in [2.45, 2.75) is 13.5 Å². The third-order valence-corrected chi connectivity index (χ3v) is 1.87. The lowest BCUT2D eigenvalue weighted by molar-refractivity contribution is -0.141. The van der Waals surface area contributed by atoms with Gasteiger partial charge in [-0.3, -0.25) is 10.1 Å². The van der Waals surface area contributed by atoms with E-state index in [4.69, 9.17) is 16.3 Å². The third-order valence-electron chi connectivity index (χ3n) is 1.62. The summed E-state index contributed by atoms with van der Waals surface area (Å²) in [5.74, 6) is -0.284. The molecule has 0 fully saturated rings. The Morgan fingerprint density at radius 1 is 1.43 bits per heavy atom. The molecule has 0 radical (unpaired) electrons. The summed E-state index contributed by atoms with van der Waals surface area (Å²) >= 11 is 5.72. The van der Waals surface area contributed by atoms with Crippen LogP contribution in [0.3, 0.4) is 0 Å². The maximum atomic E-state index is 10.4. The summed E-state index contributed by atoms with van der Waals surface area (Å²) in [5.41, 5.74) is 1.10. The van der Waals surface area contributed by atoms with Crippen LogP contribution in [0.25, 0.3) is 0 Å². The number of nitrogens with one attached hydrogen (secondary N) is 1. The van der Waals surface area contributed by atoms with Gasteiger partial charge in [0.05, 0.1) is 0 Å². The molecule has 0 aromatic heterocycles. The lowest BCUT2D eigenvalue weighted by Crippen LogP contribution is -2.19. The standard InChI is InChI=1S/C10H12ClNO2/c1-8(13)14-7-12-6-9-2-4-10(11)5-3-9/h2-5,12H,6-7H2,1H3. The fourth-order valence-electron chi connectivity index (χ4n) is 0.950. The van der Waals surface area contributed by atoms with Gasteiger partial charge in [-0.15, -0.1) is 0 Å². The second kappa shape index (κ2) is 5.62. The highest BCUT2D eigenvalue weighted by Crippen LogP contribution is 2.08. The Kier molecular flexibility index (Phi) is 4.43. The van der Waals surface area contributed by atoms with E-state index in [-0.39, 0.29) is 12.7 Å². The predicted molar refractivity (Wildman–Crippen MR) is 54.9 cm³/mol. The number of ether oxygens (including phenoxy) is 1. The van der Waals surface area contributed by atoms with Crippen LogP contribution < -0.4 is 5.32 Å². The average Bonchev–Trinajstić information content (AvgIpc) is 2.15. The van der Waals surface area contributed by atoms with Crippen LogP contribution in [-0.4, -0.2) is 12.7 Å². The van der Waals surface area contributed by atoms with E-state index in [2.05, 4.69) is 5.32 Å². The predicted octanol–water partition coefficient (Wildman–Crippen LogP) is 1.95. The van der Waals surface area contributed by atoms with Crippen molar-refractivity contribution in [1.82, 2.24) is 5.32 Å². The topological polar surface area (TPSA) is 38.3 Å². The molecule has 1 aromatic carbocycles. The maximum Gasteiger partial charge on any atom is 0.303 e. The first-order valence-electron chi connectivity index (χ1n) is 4.27. The summed E-state index contributed by atoms with van der Waals surface area (Å²) in [4.78, 5) is 10.4. The SMILES string of the molecule is CC(=O)OCNCc1ccc(Cl)cc1. The van der Waals surface area contributed by atoms with Gasteiger partial charge in [-0.05, 0) is 17.7 Å². The molecule has 0 spiro atoms. The van der Waals surface area contributed by atoms with Crippen LogP contribution in [0.15, 0.2) is 24.3 Å². The summed E-state index contributed by atoms with van der Waals surface area (Å²) < 4.78 is 4.71. The Bertz CT molecular complexity index is 297. The van der Waals surface area contributed by atoms with Crippen LogP contribution in [-0.2, 0) is 16.1 Å². The number of benzene rings is 1. The lowest BCUT2D eigenvalue weighted by Gasteiger charge is -2.04. The fraction of sp³-hybridized carbons (Fsp3) is 0.300. The van der Waals surface area contributed by atoms with Crippen LogP contribution in [0.4, 0.5) is 0 Å². The molecule has 0 bridgehead atoms. The first-order valence-corrected chi connectivity index (χ1v) is 4.65. The van der Waals surface area contributed by atoms with Crippen molar-refractivity contribution in [1.29, 1.82) is 0 Å². The number of hydrogen-bond acceptors (Lipinski definition) is 3. The van der Waals surface area contributed by atoms with Gasteiger partial charge >= 0.3 is 5.97 Å². The van der Waals surface area contributed by atoms with Gasteiger partial charge in [0.1, 0.15) is 6.73 Å². The number of carbonyl (C=O) groups is 1. The zero-order chi connectivity index (χ0) is 10.4. The molecule has 0 saturated heterocycles. The van der Waals surface area contributed by atoms with Gasteiger partial charge in [0.2, 0.25) is 0 Å². The third kappa shape index (κ3) is 4.25. The molecule has 0 aliphatic carbocycles. The van der Waals surface area contributed by atoms with Crippen LogP contribution >= 0.6 is 11.6 Å². The largest absolute Gasteiger partial charge is 0.450 e. The Morgan fingerprint density at radius 3 is 2.64 bits per heavy atom. The first-order chi connectivity index (χ1) is 6.68. The van der Waals surface area contributed by atoms with E-state index < -0.39 is 0 Å². The van der Waals surface area contributed by atoms with E-state index in [0.717, 1.165) is 5.56 Å². The molecule has 0 aliphatic rings. The molecular weight excluding hydrogens is 202 g/mol. The van der Waals surface area contributed by atoms with Gasteiger partial charge in [0.15, 0.2) is 0 Å². The van der Waals surface area contributed by atoms with Gasteiger partial charge in [0, 0.05) is 18.5 Å². The van der Waals surface area contributed by atoms with Crippen LogP contribution in [0, 0.1) is 0 Å². The fourth-order valence-corrected chi connectivity index (χ4v) is 1.08. The van der Waals surface area contributed by atoms with Crippen molar-refractivity contribution in [3.8, 4) is 0 Å². The Morgan fingerprint density at radius 2 is 2.07 bits per heavy atom. The zero-order valence-corrected chi connectivity index (χ0v) is 8.67. The molecule has 0 heterocycles. The normalized spacial score (nSPS) is 9.86. The molecule has 14 heavy (non-hydrogen) atoms. The van der Waals surface area contributed by atoms with Crippen LogP contribution in [0.5, 0.6) is 0 Å². The van der Waals surface area contributed by atoms with E-state index in [9.17, 15) is 4.79 Å². The summed E-state index contributed by atoms with van der Waals surface area (Å²) in [6.07, 6.45) is 0. The van der Waals surface area contributed by atoms with Crippen LogP contribution in [0.1, 0.15) is 12.5 Å². The average molecular weight is 214 g/mol. The molecule has 76 valence electrons. The highest BCUT2D eigenvalue weighted by atomic mass is 35.5. The van der Waals surface area contributed by atoms with Gasteiger partial charge in [-0.2, -0.15) is 0 Å². The molecule has 1 rings (SSSR count). The number of esters is 1. The molecule has 0 unspecified atom stereocenters. The van der Waals surface area contributed by atoms with Crippen molar-refractivity contribution >= 4 is 17.6 Å². The molecule has 0 saturated carbocycles. The van der Waals surface area contributed by atoms with Gasteiger partial charge in [-0.1, -0.05) is 23.7 Å². The maximum absolute atomic E-state index is 10.4. The van der Waals surface area contributed by atoms with Crippen molar-refractivity contribution in [2.75, 3.05) is 6.73 Å². The molecule has 1 aromatic rings. The minimum absolute atomic E-state index is 0.234. The van der Waals surface area contributed by atoms with Gasteiger partial charge in [-0.25, -0.2) is 0 Å². The lowest BCUT2D eigenvalue weighted by atomic mass is 10.2. The van der Waals surface area contributed by atoms with E-state index >= 15 is 0 Å². The number of carbonyl (C=O) groups excluding carboxylic acids is 1. The second-order valence-corrected chi connectivity index (χ2v) is 3.27. The minimum atomic E-state index is -0.284. The van der Waals surface area contributed by atoms with E-state index in [0.29, 0.717) is 11.6 Å². The van der Waals surface area contributed by atoms with Gasteiger partial charge < -0.3 is 4.74 Å². The van der Waals surface area contributed by atoms with Crippen molar-refractivity contribution in [2.24, 2.45) is 0 Å². The Balaban J connectivity index is 2.25. The van der Waals surface area contributed by atoms with Crippen LogP contribution in [0.2, 0.25) is 5.02 Å². The highest BCUT2D eigenvalue weighted by Gasteiger charge is 1.94. The van der Waals surface area contributed by atoms with Crippen molar-refractivity contribution in [3.63, 3.8) is 0 Å².